The lowest BCUT2D eigenvalue weighted by molar-refractivity contribution is 0.0209. The zero-order chi connectivity index (χ0) is 11.4. The van der Waals surface area contributed by atoms with Gasteiger partial charge < -0.3 is 5.11 Å². The molecule has 0 radical (unpaired) electrons. The first-order valence-corrected chi connectivity index (χ1v) is 7.23. The number of hydrogen-bond donors (Lipinski definition) is 1. The number of aliphatic hydroxyl groups excluding tert-OH is 1. The van der Waals surface area contributed by atoms with Crippen LogP contribution in [0.5, 0.6) is 0 Å². The number of aliphatic hydroxyl groups is 1. The fraction of sp³-hybridized carbons (Fsp3) is 1.00. The molecule has 0 amide bonds. The van der Waals surface area contributed by atoms with Gasteiger partial charge in [-0.2, -0.15) is 0 Å². The zero-order valence-electron chi connectivity index (χ0n) is 10.7. The van der Waals surface area contributed by atoms with E-state index in [4.69, 9.17) is 0 Å². The van der Waals surface area contributed by atoms with Crippen molar-refractivity contribution in [3.05, 3.63) is 0 Å². The molecule has 0 aromatic carbocycles. The Kier molecular flexibility index (Phi) is 4.66. The Hall–Kier alpha value is -0.0800. The van der Waals surface area contributed by atoms with Crippen LogP contribution in [0.1, 0.15) is 58.3 Å². The SMILES string of the molecule is CCC1CCCN(C2CCCCC2O)CC1. The van der Waals surface area contributed by atoms with Crippen molar-refractivity contribution in [2.75, 3.05) is 13.1 Å². The number of nitrogens with zero attached hydrogens (tertiary/aromatic N) is 1. The van der Waals surface area contributed by atoms with Gasteiger partial charge in [-0.3, -0.25) is 4.90 Å². The number of rotatable bonds is 2. The van der Waals surface area contributed by atoms with Crippen LogP contribution >= 0.6 is 0 Å². The normalized spacial score (nSPS) is 38.2. The second kappa shape index (κ2) is 6.02. The minimum Gasteiger partial charge on any atom is -0.391 e. The predicted octanol–water partition coefficient (Wildman–Crippen LogP) is 2.80. The molecule has 2 aliphatic rings. The molecule has 1 N–H and O–H groups in total. The summed E-state index contributed by atoms with van der Waals surface area (Å²) in [5, 5.41) is 10.1. The van der Waals surface area contributed by atoms with Crippen LogP contribution in [-0.2, 0) is 0 Å². The van der Waals surface area contributed by atoms with Gasteiger partial charge in [0.15, 0.2) is 0 Å². The molecule has 94 valence electrons. The van der Waals surface area contributed by atoms with Gasteiger partial charge in [-0.15, -0.1) is 0 Å². The molecule has 0 aromatic rings. The topological polar surface area (TPSA) is 23.5 Å². The predicted molar refractivity (Wildman–Crippen MR) is 67.5 cm³/mol. The van der Waals surface area contributed by atoms with Crippen molar-refractivity contribution in [2.45, 2.75) is 70.4 Å². The summed E-state index contributed by atoms with van der Waals surface area (Å²) in [5.41, 5.74) is 0. The Balaban J connectivity index is 1.88. The van der Waals surface area contributed by atoms with E-state index in [0.717, 1.165) is 12.3 Å². The van der Waals surface area contributed by atoms with Gasteiger partial charge >= 0.3 is 0 Å². The van der Waals surface area contributed by atoms with Crippen LogP contribution in [0.2, 0.25) is 0 Å². The van der Waals surface area contributed by atoms with Crippen molar-refractivity contribution < 1.29 is 5.11 Å². The van der Waals surface area contributed by atoms with E-state index in [2.05, 4.69) is 11.8 Å². The second-order valence-corrected chi connectivity index (χ2v) is 5.66. The highest BCUT2D eigenvalue weighted by molar-refractivity contribution is 4.84. The fourth-order valence-corrected chi connectivity index (χ4v) is 3.45. The summed E-state index contributed by atoms with van der Waals surface area (Å²) in [4.78, 5) is 2.58. The first kappa shape index (κ1) is 12.4. The van der Waals surface area contributed by atoms with Gasteiger partial charge in [0.1, 0.15) is 0 Å². The van der Waals surface area contributed by atoms with Crippen molar-refractivity contribution in [1.29, 1.82) is 0 Å². The van der Waals surface area contributed by atoms with Gasteiger partial charge in [-0.1, -0.05) is 26.2 Å². The highest BCUT2D eigenvalue weighted by Gasteiger charge is 2.29. The van der Waals surface area contributed by atoms with Crippen molar-refractivity contribution in [1.82, 2.24) is 4.90 Å². The Morgan fingerprint density at radius 1 is 1.00 bits per heavy atom. The van der Waals surface area contributed by atoms with Gasteiger partial charge in [0.2, 0.25) is 0 Å². The van der Waals surface area contributed by atoms with Gasteiger partial charge in [0.25, 0.3) is 0 Å². The molecule has 1 aliphatic heterocycles. The summed E-state index contributed by atoms with van der Waals surface area (Å²) in [5.74, 6) is 0.936. The summed E-state index contributed by atoms with van der Waals surface area (Å²) in [6.07, 6.45) is 10.2. The number of hydrogen-bond acceptors (Lipinski definition) is 2. The smallest absolute Gasteiger partial charge is 0.0695 e. The van der Waals surface area contributed by atoms with E-state index >= 15 is 0 Å². The maximum Gasteiger partial charge on any atom is 0.0695 e. The standard InChI is InChI=1S/C14H27NO/c1-2-12-6-5-10-15(11-9-12)13-7-3-4-8-14(13)16/h12-14,16H,2-11H2,1H3. The summed E-state index contributed by atoms with van der Waals surface area (Å²) < 4.78 is 0. The van der Waals surface area contributed by atoms with Crippen LogP contribution in [0, 0.1) is 5.92 Å². The highest BCUT2D eigenvalue weighted by Crippen LogP contribution is 2.27. The highest BCUT2D eigenvalue weighted by atomic mass is 16.3. The Labute approximate surface area is 100 Å². The van der Waals surface area contributed by atoms with E-state index in [-0.39, 0.29) is 6.10 Å². The molecule has 16 heavy (non-hydrogen) atoms. The molecular formula is C14H27NO. The summed E-state index contributed by atoms with van der Waals surface area (Å²) >= 11 is 0. The zero-order valence-corrected chi connectivity index (χ0v) is 10.7. The van der Waals surface area contributed by atoms with E-state index < -0.39 is 0 Å². The summed E-state index contributed by atoms with van der Waals surface area (Å²) in [7, 11) is 0. The van der Waals surface area contributed by atoms with Crippen LogP contribution in [0.3, 0.4) is 0 Å². The third-order valence-electron chi connectivity index (χ3n) is 4.62. The molecule has 2 rings (SSSR count). The average molecular weight is 225 g/mol. The maximum absolute atomic E-state index is 10.1. The minimum absolute atomic E-state index is 0.0491. The maximum atomic E-state index is 10.1. The largest absolute Gasteiger partial charge is 0.391 e. The Bertz CT molecular complexity index is 207. The fourth-order valence-electron chi connectivity index (χ4n) is 3.45. The van der Waals surface area contributed by atoms with Crippen molar-refractivity contribution >= 4 is 0 Å². The molecule has 0 bridgehead atoms. The Morgan fingerprint density at radius 3 is 2.56 bits per heavy atom. The number of likely N-dealkylation sites (tertiary alicyclic amines) is 1. The van der Waals surface area contributed by atoms with E-state index in [9.17, 15) is 5.11 Å². The second-order valence-electron chi connectivity index (χ2n) is 5.66. The molecule has 2 heteroatoms. The van der Waals surface area contributed by atoms with Gasteiger partial charge in [0, 0.05) is 6.04 Å². The molecule has 3 unspecified atom stereocenters. The molecule has 1 saturated carbocycles. The van der Waals surface area contributed by atoms with Gasteiger partial charge in [0.05, 0.1) is 6.10 Å². The first-order valence-electron chi connectivity index (χ1n) is 7.23. The molecule has 0 aromatic heterocycles. The van der Waals surface area contributed by atoms with E-state index in [1.54, 1.807) is 0 Å². The Morgan fingerprint density at radius 2 is 1.81 bits per heavy atom. The van der Waals surface area contributed by atoms with Crippen LogP contribution in [-0.4, -0.2) is 35.2 Å². The van der Waals surface area contributed by atoms with Crippen LogP contribution < -0.4 is 0 Å². The molecular weight excluding hydrogens is 198 g/mol. The van der Waals surface area contributed by atoms with Crippen LogP contribution in [0.4, 0.5) is 0 Å². The van der Waals surface area contributed by atoms with Crippen molar-refractivity contribution in [3.8, 4) is 0 Å². The molecule has 2 fully saturated rings. The van der Waals surface area contributed by atoms with Crippen molar-refractivity contribution in [3.63, 3.8) is 0 Å². The molecule has 1 aliphatic carbocycles. The van der Waals surface area contributed by atoms with E-state index in [1.807, 2.05) is 0 Å². The summed E-state index contributed by atoms with van der Waals surface area (Å²) in [6, 6.07) is 0.476. The lowest BCUT2D eigenvalue weighted by Gasteiger charge is -2.37. The monoisotopic (exact) mass is 225 g/mol. The van der Waals surface area contributed by atoms with Crippen LogP contribution in [0.25, 0.3) is 0 Å². The first-order chi connectivity index (χ1) is 7.81. The molecule has 1 saturated heterocycles. The van der Waals surface area contributed by atoms with Crippen molar-refractivity contribution in [2.24, 2.45) is 5.92 Å². The lowest BCUT2D eigenvalue weighted by Crippen LogP contribution is -2.45. The minimum atomic E-state index is -0.0491. The third-order valence-corrected chi connectivity index (χ3v) is 4.62. The average Bonchev–Trinajstić information content (AvgIpc) is 2.55. The molecule has 0 spiro atoms. The molecule has 3 atom stereocenters. The molecule has 1 heterocycles. The quantitative estimate of drug-likeness (QED) is 0.781. The molecule has 2 nitrogen and oxygen atoms in total. The summed E-state index contributed by atoms with van der Waals surface area (Å²) in [6.45, 7) is 4.76. The third kappa shape index (κ3) is 2.98. The van der Waals surface area contributed by atoms with Crippen LogP contribution in [0.15, 0.2) is 0 Å². The van der Waals surface area contributed by atoms with Gasteiger partial charge in [-0.25, -0.2) is 0 Å². The lowest BCUT2D eigenvalue weighted by atomic mass is 9.91. The van der Waals surface area contributed by atoms with E-state index in [1.165, 1.54) is 58.0 Å². The van der Waals surface area contributed by atoms with E-state index in [0.29, 0.717) is 6.04 Å². The van der Waals surface area contributed by atoms with Gasteiger partial charge in [-0.05, 0) is 51.1 Å².